The predicted octanol–water partition coefficient (Wildman–Crippen LogP) is 4.55. The third-order valence-electron chi connectivity index (χ3n) is 5.41. The van der Waals surface area contributed by atoms with E-state index in [2.05, 4.69) is 0 Å². The van der Waals surface area contributed by atoms with Crippen molar-refractivity contribution in [2.75, 3.05) is 13.2 Å². The molecule has 31 heavy (non-hydrogen) atoms. The molecule has 0 spiro atoms. The Morgan fingerprint density at radius 1 is 1.03 bits per heavy atom. The van der Waals surface area contributed by atoms with Gasteiger partial charge in [0.15, 0.2) is 5.05 Å². The van der Waals surface area contributed by atoms with Gasteiger partial charge in [-0.1, -0.05) is 60.7 Å². The molecular formula is C24H25NO4S2. The Morgan fingerprint density at radius 3 is 2.48 bits per heavy atom. The smallest absolute Gasteiger partial charge is 0.243 e. The molecule has 1 fully saturated rings. The molecule has 0 amide bonds. The first-order valence-corrected chi connectivity index (χ1v) is 12.1. The van der Waals surface area contributed by atoms with Crippen molar-refractivity contribution in [2.45, 2.75) is 37.0 Å². The van der Waals surface area contributed by atoms with Gasteiger partial charge in [0.05, 0.1) is 30.7 Å². The molecule has 2 atom stereocenters. The van der Waals surface area contributed by atoms with Crippen molar-refractivity contribution in [3.05, 3.63) is 78.4 Å². The van der Waals surface area contributed by atoms with Crippen LogP contribution in [0.15, 0.2) is 77.7 Å². The Bertz CT molecular complexity index is 1160. The summed E-state index contributed by atoms with van der Waals surface area (Å²) < 4.78 is 40.2. The van der Waals surface area contributed by atoms with E-state index in [1.54, 1.807) is 19.1 Å². The predicted molar refractivity (Wildman–Crippen MR) is 125 cm³/mol. The molecule has 1 heterocycles. The molecular weight excluding hydrogens is 430 g/mol. The maximum absolute atomic E-state index is 13.5. The zero-order valence-electron chi connectivity index (χ0n) is 17.3. The Hall–Kier alpha value is -2.32. The van der Waals surface area contributed by atoms with Crippen LogP contribution in [0.4, 0.5) is 0 Å². The zero-order valence-corrected chi connectivity index (χ0v) is 18.9. The van der Waals surface area contributed by atoms with Crippen LogP contribution in [0, 0.1) is 0 Å². The SMILES string of the molecule is CC(=S)O[C@H]1C[C@H](COCc2ccccc2)N(S(=O)(=O)c2ccc3ccccc3c2)C1. The van der Waals surface area contributed by atoms with Crippen molar-refractivity contribution >= 4 is 38.1 Å². The van der Waals surface area contributed by atoms with Crippen LogP contribution < -0.4 is 0 Å². The van der Waals surface area contributed by atoms with Crippen LogP contribution in [0.5, 0.6) is 0 Å². The fourth-order valence-electron chi connectivity index (χ4n) is 3.96. The zero-order chi connectivity index (χ0) is 21.8. The second-order valence-corrected chi connectivity index (χ2v) is 10.2. The summed E-state index contributed by atoms with van der Waals surface area (Å²) in [4.78, 5) is 0.277. The number of fused-ring (bicyclic) bond motifs is 1. The van der Waals surface area contributed by atoms with E-state index in [1.807, 2.05) is 60.7 Å². The number of rotatable bonds is 7. The molecule has 1 aliphatic rings. The Morgan fingerprint density at radius 2 is 1.74 bits per heavy atom. The highest BCUT2D eigenvalue weighted by atomic mass is 32.2. The standard InChI is InChI=1S/C24H25NO4S2/c1-18(30)29-23-14-22(17-28-16-19-7-3-2-4-8-19)25(15-23)31(26,27)24-12-11-20-9-5-6-10-21(20)13-24/h2-13,22-23H,14-17H2,1H3/t22-,23+/m1/s1. The van der Waals surface area contributed by atoms with E-state index in [4.69, 9.17) is 21.7 Å². The summed E-state index contributed by atoms with van der Waals surface area (Å²) in [5, 5.41) is 2.31. The lowest BCUT2D eigenvalue weighted by molar-refractivity contribution is 0.0861. The second-order valence-electron chi connectivity index (χ2n) is 7.71. The normalized spacial score (nSPS) is 19.5. The van der Waals surface area contributed by atoms with Crippen molar-refractivity contribution in [2.24, 2.45) is 0 Å². The molecule has 0 aromatic heterocycles. The number of benzene rings is 3. The number of sulfonamides is 1. The van der Waals surface area contributed by atoms with Gasteiger partial charge in [-0.05, 0) is 40.7 Å². The van der Waals surface area contributed by atoms with Crippen molar-refractivity contribution in [1.29, 1.82) is 0 Å². The van der Waals surface area contributed by atoms with Crippen LogP contribution in [0.2, 0.25) is 0 Å². The van der Waals surface area contributed by atoms with Crippen LogP contribution in [0.1, 0.15) is 18.9 Å². The van der Waals surface area contributed by atoms with Crippen LogP contribution in [0.25, 0.3) is 10.8 Å². The third kappa shape index (κ3) is 5.13. The van der Waals surface area contributed by atoms with Gasteiger partial charge in [-0.3, -0.25) is 0 Å². The summed E-state index contributed by atoms with van der Waals surface area (Å²) in [6.07, 6.45) is 0.258. The van der Waals surface area contributed by atoms with E-state index in [0.717, 1.165) is 16.3 Å². The highest BCUT2D eigenvalue weighted by Gasteiger charge is 2.41. The van der Waals surface area contributed by atoms with Crippen LogP contribution >= 0.6 is 12.2 Å². The molecule has 1 saturated heterocycles. The van der Waals surface area contributed by atoms with Gasteiger partial charge in [-0.25, -0.2) is 8.42 Å². The van der Waals surface area contributed by atoms with Crippen molar-refractivity contribution in [3.8, 4) is 0 Å². The lowest BCUT2D eigenvalue weighted by Gasteiger charge is -2.24. The van der Waals surface area contributed by atoms with Gasteiger partial charge < -0.3 is 9.47 Å². The number of ether oxygens (including phenoxy) is 2. The molecule has 5 nitrogen and oxygen atoms in total. The third-order valence-corrected chi connectivity index (χ3v) is 7.42. The number of hydrogen-bond acceptors (Lipinski definition) is 5. The van der Waals surface area contributed by atoms with Crippen LogP contribution in [-0.4, -0.2) is 43.1 Å². The molecule has 162 valence electrons. The van der Waals surface area contributed by atoms with E-state index in [9.17, 15) is 8.42 Å². The molecule has 0 saturated carbocycles. The molecule has 0 radical (unpaired) electrons. The Kier molecular flexibility index (Phi) is 6.67. The van der Waals surface area contributed by atoms with E-state index in [-0.39, 0.29) is 30.2 Å². The van der Waals surface area contributed by atoms with Crippen molar-refractivity contribution in [3.63, 3.8) is 0 Å². The molecule has 1 aliphatic heterocycles. The molecule has 0 N–H and O–H groups in total. The van der Waals surface area contributed by atoms with Crippen molar-refractivity contribution < 1.29 is 17.9 Å². The fraction of sp³-hybridized carbons (Fsp3) is 0.292. The largest absolute Gasteiger partial charge is 0.483 e. The minimum Gasteiger partial charge on any atom is -0.483 e. The summed E-state index contributed by atoms with van der Waals surface area (Å²) in [6.45, 7) is 2.68. The first kappa shape index (κ1) is 21.9. The lowest BCUT2D eigenvalue weighted by atomic mass is 10.1. The molecule has 4 rings (SSSR count). The number of thiocarbonyl (C=S) groups is 1. The summed E-state index contributed by atoms with van der Waals surface area (Å²) in [5.41, 5.74) is 1.05. The lowest BCUT2D eigenvalue weighted by Crippen LogP contribution is -2.38. The van der Waals surface area contributed by atoms with E-state index < -0.39 is 10.0 Å². The minimum absolute atomic E-state index is 0.252. The fourth-order valence-corrected chi connectivity index (χ4v) is 5.79. The Balaban J connectivity index is 1.55. The van der Waals surface area contributed by atoms with Gasteiger partial charge in [0.25, 0.3) is 0 Å². The van der Waals surface area contributed by atoms with Gasteiger partial charge in [0.2, 0.25) is 10.0 Å². The maximum Gasteiger partial charge on any atom is 0.243 e. The van der Waals surface area contributed by atoms with Gasteiger partial charge in [0, 0.05) is 13.3 Å². The molecule has 7 heteroatoms. The molecule has 0 unspecified atom stereocenters. The van der Waals surface area contributed by atoms with Gasteiger partial charge in [-0.2, -0.15) is 4.31 Å². The summed E-state index contributed by atoms with van der Waals surface area (Å²) in [7, 11) is -3.71. The van der Waals surface area contributed by atoms with Gasteiger partial charge >= 0.3 is 0 Å². The van der Waals surface area contributed by atoms with Gasteiger partial charge in [-0.15, -0.1) is 0 Å². The molecule has 0 aliphatic carbocycles. The molecule has 0 bridgehead atoms. The maximum atomic E-state index is 13.5. The van der Waals surface area contributed by atoms with E-state index in [1.165, 1.54) is 4.31 Å². The highest BCUT2D eigenvalue weighted by molar-refractivity contribution is 7.89. The molecule has 3 aromatic rings. The minimum atomic E-state index is -3.71. The van der Waals surface area contributed by atoms with Crippen LogP contribution in [0.3, 0.4) is 0 Å². The quantitative estimate of drug-likeness (QED) is 0.489. The van der Waals surface area contributed by atoms with E-state index in [0.29, 0.717) is 18.1 Å². The summed E-state index contributed by atoms with van der Waals surface area (Å²) in [5.74, 6) is 0. The van der Waals surface area contributed by atoms with E-state index >= 15 is 0 Å². The second kappa shape index (κ2) is 9.44. The molecule has 3 aromatic carbocycles. The monoisotopic (exact) mass is 455 g/mol. The number of nitrogens with zero attached hydrogens (tertiary/aromatic N) is 1. The average molecular weight is 456 g/mol. The highest BCUT2D eigenvalue weighted by Crippen LogP contribution is 2.30. The van der Waals surface area contributed by atoms with Gasteiger partial charge in [0.1, 0.15) is 6.10 Å². The summed E-state index contributed by atoms with van der Waals surface area (Å²) in [6, 6.07) is 22.5. The summed E-state index contributed by atoms with van der Waals surface area (Å²) >= 11 is 5.08. The first-order chi connectivity index (χ1) is 14.9. The van der Waals surface area contributed by atoms with Crippen LogP contribution in [-0.2, 0) is 26.1 Å². The topological polar surface area (TPSA) is 55.8 Å². The first-order valence-electron chi connectivity index (χ1n) is 10.2. The Labute approximate surface area is 188 Å². The number of hydrogen-bond donors (Lipinski definition) is 0. The van der Waals surface area contributed by atoms with Crippen molar-refractivity contribution in [1.82, 2.24) is 4.31 Å². The average Bonchev–Trinajstić information content (AvgIpc) is 3.16.